The quantitative estimate of drug-likeness (QED) is 0.448. The van der Waals surface area contributed by atoms with Crippen LogP contribution in [0.1, 0.15) is 56.1 Å². The molecule has 0 amide bonds. The van der Waals surface area contributed by atoms with Gasteiger partial charge >= 0.3 is 5.97 Å². The van der Waals surface area contributed by atoms with E-state index in [2.05, 4.69) is 0 Å². The summed E-state index contributed by atoms with van der Waals surface area (Å²) < 4.78 is 16.3. The molecule has 0 aromatic heterocycles. The zero-order chi connectivity index (χ0) is 25.1. The number of benzene rings is 2. The van der Waals surface area contributed by atoms with Crippen LogP contribution in [-0.2, 0) is 14.3 Å². The van der Waals surface area contributed by atoms with Gasteiger partial charge in [0, 0.05) is 34.3 Å². The Labute approximate surface area is 210 Å². The fourth-order valence-corrected chi connectivity index (χ4v) is 5.26. The molecule has 0 saturated heterocycles. The number of ketones is 1. The van der Waals surface area contributed by atoms with Crippen LogP contribution in [0.2, 0.25) is 5.02 Å². The van der Waals surface area contributed by atoms with E-state index in [4.69, 9.17) is 30.8 Å². The van der Waals surface area contributed by atoms with Crippen molar-refractivity contribution in [2.45, 2.75) is 44.9 Å². The van der Waals surface area contributed by atoms with E-state index in [-0.39, 0.29) is 17.7 Å². The van der Waals surface area contributed by atoms with Crippen LogP contribution in [0.4, 0.5) is 0 Å². The maximum atomic E-state index is 13.7. The zero-order valence-corrected chi connectivity index (χ0v) is 21.2. The van der Waals surface area contributed by atoms with E-state index in [0.29, 0.717) is 47.3 Å². The molecule has 0 bridgehead atoms. The van der Waals surface area contributed by atoms with Gasteiger partial charge in [-0.2, -0.15) is 0 Å². The van der Waals surface area contributed by atoms with Gasteiger partial charge in [-0.25, -0.2) is 0 Å². The number of halogens is 1. The lowest BCUT2D eigenvalue weighted by Gasteiger charge is -2.36. The SMILES string of the molecule is CCCOC(=O)C1C(C)=NC2=C(C(=O)CC(c3ccc(OC)c(OC)c3)C2)C1c1cccc(Cl)c1. The van der Waals surface area contributed by atoms with Gasteiger partial charge in [0.25, 0.3) is 0 Å². The van der Waals surface area contributed by atoms with Gasteiger partial charge in [-0.05, 0) is 61.1 Å². The maximum Gasteiger partial charge on any atom is 0.315 e. The second-order valence-electron chi connectivity index (χ2n) is 8.93. The first-order valence-electron chi connectivity index (χ1n) is 11.8. The summed E-state index contributed by atoms with van der Waals surface area (Å²) in [6.45, 7) is 4.11. The number of Topliss-reactive ketones (excluding diaryl/α,β-unsaturated/α-hetero) is 1. The number of allylic oxidation sites excluding steroid dienone is 2. The first-order chi connectivity index (χ1) is 16.9. The van der Waals surface area contributed by atoms with E-state index < -0.39 is 11.8 Å². The monoisotopic (exact) mass is 495 g/mol. The van der Waals surface area contributed by atoms with E-state index in [9.17, 15) is 9.59 Å². The molecule has 1 aliphatic carbocycles. The van der Waals surface area contributed by atoms with Crippen molar-refractivity contribution in [3.63, 3.8) is 0 Å². The molecule has 4 rings (SSSR count). The van der Waals surface area contributed by atoms with Gasteiger partial charge in [0.1, 0.15) is 5.92 Å². The van der Waals surface area contributed by atoms with Gasteiger partial charge in [0.15, 0.2) is 17.3 Å². The molecule has 184 valence electrons. The zero-order valence-electron chi connectivity index (χ0n) is 20.5. The molecule has 7 heteroatoms. The summed E-state index contributed by atoms with van der Waals surface area (Å²) >= 11 is 6.31. The molecule has 2 aromatic carbocycles. The average molecular weight is 496 g/mol. The fourth-order valence-electron chi connectivity index (χ4n) is 5.06. The molecule has 35 heavy (non-hydrogen) atoms. The normalized spacial score (nSPS) is 21.8. The van der Waals surface area contributed by atoms with Crippen LogP contribution in [0.3, 0.4) is 0 Å². The molecule has 3 atom stereocenters. The highest BCUT2D eigenvalue weighted by molar-refractivity contribution is 6.30. The van der Waals surface area contributed by atoms with E-state index in [0.717, 1.165) is 23.2 Å². The number of esters is 1. The van der Waals surface area contributed by atoms with E-state index in [1.165, 1.54) is 0 Å². The van der Waals surface area contributed by atoms with Crippen molar-refractivity contribution < 1.29 is 23.8 Å². The van der Waals surface area contributed by atoms with E-state index in [1.54, 1.807) is 20.3 Å². The highest BCUT2D eigenvalue weighted by Gasteiger charge is 2.44. The van der Waals surface area contributed by atoms with Crippen LogP contribution in [0.5, 0.6) is 11.5 Å². The molecule has 2 aromatic rings. The largest absolute Gasteiger partial charge is 0.493 e. The van der Waals surface area contributed by atoms with Gasteiger partial charge in [0.2, 0.25) is 0 Å². The summed E-state index contributed by atoms with van der Waals surface area (Å²) in [6.07, 6.45) is 1.62. The molecule has 6 nitrogen and oxygen atoms in total. The van der Waals surface area contributed by atoms with Gasteiger partial charge in [-0.3, -0.25) is 14.6 Å². The van der Waals surface area contributed by atoms with E-state index >= 15 is 0 Å². The molecule has 1 aliphatic heterocycles. The van der Waals surface area contributed by atoms with Crippen LogP contribution in [0.15, 0.2) is 58.7 Å². The minimum absolute atomic E-state index is 0.0134. The molecule has 2 aliphatic rings. The summed E-state index contributed by atoms with van der Waals surface area (Å²) in [4.78, 5) is 31.6. The number of carbonyl (C=O) groups excluding carboxylic acids is 2. The van der Waals surface area contributed by atoms with Crippen LogP contribution in [0.25, 0.3) is 0 Å². The van der Waals surface area contributed by atoms with Crippen LogP contribution in [0, 0.1) is 5.92 Å². The predicted octanol–water partition coefficient (Wildman–Crippen LogP) is 5.89. The van der Waals surface area contributed by atoms with Crippen molar-refractivity contribution in [2.75, 3.05) is 20.8 Å². The highest BCUT2D eigenvalue weighted by atomic mass is 35.5. The Morgan fingerprint density at radius 2 is 1.83 bits per heavy atom. The fraction of sp³-hybridized carbons (Fsp3) is 0.393. The lowest BCUT2D eigenvalue weighted by atomic mass is 9.69. The first kappa shape index (κ1) is 25.0. The van der Waals surface area contributed by atoms with Crippen molar-refractivity contribution in [1.82, 2.24) is 0 Å². The Bertz CT molecular complexity index is 1200. The Morgan fingerprint density at radius 3 is 2.51 bits per heavy atom. The number of rotatable bonds is 7. The first-order valence-corrected chi connectivity index (χ1v) is 12.2. The highest BCUT2D eigenvalue weighted by Crippen LogP contribution is 2.47. The van der Waals surface area contributed by atoms with Crippen LogP contribution < -0.4 is 9.47 Å². The lowest BCUT2D eigenvalue weighted by Crippen LogP contribution is -2.38. The van der Waals surface area contributed by atoms with Gasteiger partial charge in [-0.15, -0.1) is 0 Å². The topological polar surface area (TPSA) is 74.2 Å². The number of nitrogens with zero attached hydrogens (tertiary/aromatic N) is 1. The summed E-state index contributed by atoms with van der Waals surface area (Å²) in [7, 11) is 3.19. The standard InChI is InChI=1S/C28H30ClNO5/c1-5-11-35-28(32)25-16(2)30-21-13-19(17-9-10-23(33-3)24(15-17)34-4)14-22(31)27(21)26(25)18-7-6-8-20(29)12-18/h6-10,12,15,19,25-26H,5,11,13-14H2,1-4H3. The third kappa shape index (κ3) is 4.98. The number of hydrogen-bond acceptors (Lipinski definition) is 6. The van der Waals surface area contributed by atoms with Crippen molar-refractivity contribution in [3.05, 3.63) is 69.9 Å². The Kier molecular flexibility index (Phi) is 7.60. The van der Waals surface area contributed by atoms with Crippen molar-refractivity contribution in [3.8, 4) is 11.5 Å². The van der Waals surface area contributed by atoms with Gasteiger partial charge in [-0.1, -0.05) is 36.7 Å². The Hall–Kier alpha value is -3.12. The summed E-state index contributed by atoms with van der Waals surface area (Å²) in [5, 5.41) is 0.553. The number of hydrogen-bond donors (Lipinski definition) is 0. The maximum absolute atomic E-state index is 13.7. The lowest BCUT2D eigenvalue weighted by molar-refractivity contribution is -0.146. The Morgan fingerprint density at radius 1 is 1.06 bits per heavy atom. The third-order valence-electron chi connectivity index (χ3n) is 6.68. The second kappa shape index (κ2) is 10.6. The predicted molar refractivity (Wildman–Crippen MR) is 136 cm³/mol. The smallest absolute Gasteiger partial charge is 0.315 e. The van der Waals surface area contributed by atoms with Crippen molar-refractivity contribution in [1.29, 1.82) is 0 Å². The molecule has 0 spiro atoms. The minimum atomic E-state index is -0.666. The Balaban J connectivity index is 1.76. The van der Waals surface area contributed by atoms with Gasteiger partial charge in [0.05, 0.1) is 20.8 Å². The minimum Gasteiger partial charge on any atom is -0.493 e. The van der Waals surface area contributed by atoms with Gasteiger partial charge < -0.3 is 14.2 Å². The van der Waals surface area contributed by atoms with Crippen molar-refractivity contribution >= 4 is 29.1 Å². The number of ether oxygens (including phenoxy) is 3. The molecular weight excluding hydrogens is 466 g/mol. The molecule has 0 N–H and O–H groups in total. The van der Waals surface area contributed by atoms with Crippen LogP contribution in [-0.4, -0.2) is 38.3 Å². The van der Waals surface area contributed by atoms with Crippen LogP contribution >= 0.6 is 11.6 Å². The molecule has 3 unspecified atom stereocenters. The second-order valence-corrected chi connectivity index (χ2v) is 9.37. The summed E-state index contributed by atoms with van der Waals surface area (Å²) in [5.74, 6) is -0.318. The third-order valence-corrected chi connectivity index (χ3v) is 6.91. The molecule has 1 heterocycles. The molecule has 0 fully saturated rings. The number of carbonyl (C=O) groups is 2. The number of aliphatic imine (C=N–C) groups is 1. The average Bonchev–Trinajstić information content (AvgIpc) is 2.85. The molecular formula is C28H30ClNO5. The summed E-state index contributed by atoms with van der Waals surface area (Å²) in [5.41, 5.74) is 3.77. The van der Waals surface area contributed by atoms with Crippen molar-refractivity contribution in [2.24, 2.45) is 10.9 Å². The molecule has 0 radical (unpaired) electrons. The number of methoxy groups -OCH3 is 2. The van der Waals surface area contributed by atoms with E-state index in [1.807, 2.05) is 50.2 Å². The summed E-state index contributed by atoms with van der Waals surface area (Å²) in [6, 6.07) is 13.1. The molecule has 0 saturated carbocycles.